The molecule has 2 rings (SSSR count). The van der Waals surface area contributed by atoms with Crippen molar-refractivity contribution in [2.75, 3.05) is 0 Å². The van der Waals surface area contributed by atoms with E-state index >= 15 is 0 Å². The first-order chi connectivity index (χ1) is 9.08. The molecule has 1 aromatic heterocycles. The Morgan fingerprint density at radius 1 is 1.32 bits per heavy atom. The number of nitrogens with two attached hydrogens (primary N) is 1. The van der Waals surface area contributed by atoms with Crippen molar-refractivity contribution >= 4 is 11.6 Å². The van der Waals surface area contributed by atoms with Crippen LogP contribution in [0, 0.1) is 6.92 Å². The average Bonchev–Trinajstić information content (AvgIpc) is 2.38. The Balaban J connectivity index is 2.12. The van der Waals surface area contributed by atoms with Gasteiger partial charge in [0.05, 0.1) is 6.04 Å². The van der Waals surface area contributed by atoms with E-state index in [1.54, 1.807) is 18.5 Å². The van der Waals surface area contributed by atoms with Crippen LogP contribution in [-0.4, -0.2) is 11.1 Å². The van der Waals surface area contributed by atoms with Crippen LogP contribution in [0.4, 0.5) is 0 Å². The Morgan fingerprint density at radius 3 is 2.79 bits per heavy atom. The molecule has 4 heteroatoms. The van der Waals surface area contributed by atoms with Gasteiger partial charge in [-0.3, -0.25) is 4.98 Å². The summed E-state index contributed by atoms with van der Waals surface area (Å²) in [5.74, 6) is 0.719. The van der Waals surface area contributed by atoms with E-state index in [2.05, 4.69) is 4.98 Å². The van der Waals surface area contributed by atoms with E-state index in [1.807, 2.05) is 38.1 Å². The number of aromatic nitrogens is 1. The van der Waals surface area contributed by atoms with Gasteiger partial charge in [0.25, 0.3) is 0 Å². The summed E-state index contributed by atoms with van der Waals surface area (Å²) in [4.78, 5) is 4.11. The van der Waals surface area contributed by atoms with Crippen LogP contribution in [0.3, 0.4) is 0 Å². The normalized spacial score (nSPS) is 13.9. The molecule has 2 unspecified atom stereocenters. The smallest absolute Gasteiger partial charge is 0.121 e. The number of aryl methyl sites for hydroxylation is 1. The summed E-state index contributed by atoms with van der Waals surface area (Å²) in [6.45, 7) is 3.96. The Hall–Kier alpha value is -1.58. The fraction of sp³-hybridized carbons (Fsp3) is 0.267. The second-order valence-electron chi connectivity index (χ2n) is 4.54. The maximum atomic E-state index is 6.23. The van der Waals surface area contributed by atoms with E-state index < -0.39 is 0 Å². The molecule has 19 heavy (non-hydrogen) atoms. The molecule has 2 aromatic rings. The zero-order chi connectivity index (χ0) is 13.8. The van der Waals surface area contributed by atoms with Crippen molar-refractivity contribution in [2.45, 2.75) is 26.0 Å². The maximum absolute atomic E-state index is 6.23. The summed E-state index contributed by atoms with van der Waals surface area (Å²) in [6, 6.07) is 9.02. The predicted octanol–water partition coefficient (Wildman–Crippen LogP) is 3.51. The highest BCUT2D eigenvalue weighted by Gasteiger charge is 2.18. The monoisotopic (exact) mass is 276 g/mol. The Labute approximate surface area is 118 Å². The van der Waals surface area contributed by atoms with E-state index in [0.29, 0.717) is 5.02 Å². The molecule has 0 radical (unpaired) electrons. The van der Waals surface area contributed by atoms with Crippen molar-refractivity contribution in [3.63, 3.8) is 0 Å². The molecule has 0 aliphatic carbocycles. The zero-order valence-corrected chi connectivity index (χ0v) is 11.8. The quantitative estimate of drug-likeness (QED) is 0.930. The first-order valence-electron chi connectivity index (χ1n) is 6.16. The number of nitrogens with zero attached hydrogens (tertiary/aromatic N) is 1. The van der Waals surface area contributed by atoms with Gasteiger partial charge in [-0.05, 0) is 49.2 Å². The van der Waals surface area contributed by atoms with Gasteiger partial charge in [0.2, 0.25) is 0 Å². The molecule has 100 valence electrons. The lowest BCUT2D eigenvalue weighted by Gasteiger charge is -2.23. The number of hydrogen-bond donors (Lipinski definition) is 1. The molecule has 0 spiro atoms. The van der Waals surface area contributed by atoms with E-state index in [-0.39, 0.29) is 12.1 Å². The van der Waals surface area contributed by atoms with Gasteiger partial charge in [-0.1, -0.05) is 17.7 Å². The fourth-order valence-corrected chi connectivity index (χ4v) is 2.09. The Bertz CT molecular complexity index is 559. The van der Waals surface area contributed by atoms with Gasteiger partial charge < -0.3 is 10.5 Å². The summed E-state index contributed by atoms with van der Waals surface area (Å²) in [5.41, 5.74) is 8.34. The number of halogens is 1. The highest BCUT2D eigenvalue weighted by molar-refractivity contribution is 6.30. The first kappa shape index (κ1) is 13.8. The second kappa shape index (κ2) is 6.04. The first-order valence-corrected chi connectivity index (χ1v) is 6.54. The minimum Gasteiger partial charge on any atom is -0.489 e. The van der Waals surface area contributed by atoms with Crippen molar-refractivity contribution in [2.24, 2.45) is 5.73 Å². The number of hydrogen-bond acceptors (Lipinski definition) is 3. The lowest BCUT2D eigenvalue weighted by atomic mass is 10.0. The van der Waals surface area contributed by atoms with Gasteiger partial charge in [-0.2, -0.15) is 0 Å². The third-order valence-electron chi connectivity index (χ3n) is 3.06. The van der Waals surface area contributed by atoms with Gasteiger partial charge in [0.15, 0.2) is 0 Å². The summed E-state index contributed by atoms with van der Waals surface area (Å²) >= 11 is 5.93. The van der Waals surface area contributed by atoms with Gasteiger partial charge in [0.1, 0.15) is 11.9 Å². The van der Waals surface area contributed by atoms with Crippen molar-refractivity contribution in [1.82, 2.24) is 4.98 Å². The minimum absolute atomic E-state index is 0.165. The van der Waals surface area contributed by atoms with E-state index in [0.717, 1.165) is 16.9 Å². The van der Waals surface area contributed by atoms with Crippen LogP contribution in [0.5, 0.6) is 5.75 Å². The van der Waals surface area contributed by atoms with Gasteiger partial charge in [0, 0.05) is 17.4 Å². The molecular formula is C15H17ClN2O. The third kappa shape index (κ3) is 3.46. The molecule has 0 fully saturated rings. The number of pyridine rings is 1. The van der Waals surface area contributed by atoms with E-state index in [4.69, 9.17) is 22.1 Å². The molecule has 0 bridgehead atoms. The molecule has 0 saturated carbocycles. The Morgan fingerprint density at radius 2 is 2.11 bits per heavy atom. The molecule has 0 aliphatic rings. The second-order valence-corrected chi connectivity index (χ2v) is 4.97. The summed E-state index contributed by atoms with van der Waals surface area (Å²) < 4.78 is 5.83. The molecule has 0 amide bonds. The highest BCUT2D eigenvalue weighted by Crippen LogP contribution is 2.23. The largest absolute Gasteiger partial charge is 0.489 e. The van der Waals surface area contributed by atoms with Gasteiger partial charge >= 0.3 is 0 Å². The lowest BCUT2D eigenvalue weighted by Crippen LogP contribution is -2.29. The third-order valence-corrected chi connectivity index (χ3v) is 3.30. The highest BCUT2D eigenvalue weighted by atomic mass is 35.5. The Kier molecular flexibility index (Phi) is 4.40. The lowest BCUT2D eigenvalue weighted by molar-refractivity contribution is 0.190. The zero-order valence-electron chi connectivity index (χ0n) is 11.0. The van der Waals surface area contributed by atoms with Crippen LogP contribution in [0.25, 0.3) is 0 Å². The molecule has 1 heterocycles. The van der Waals surface area contributed by atoms with Crippen LogP contribution >= 0.6 is 11.6 Å². The van der Waals surface area contributed by atoms with Gasteiger partial charge in [-0.15, -0.1) is 0 Å². The standard InChI is InChI=1S/C15H17ClN2O/c1-10-6-7-18-9-14(10)15(17)11(2)19-13-5-3-4-12(16)8-13/h3-9,11,15H,17H2,1-2H3. The summed E-state index contributed by atoms with van der Waals surface area (Å²) in [5, 5.41) is 0.649. The van der Waals surface area contributed by atoms with Crippen LogP contribution in [0.15, 0.2) is 42.7 Å². The SMILES string of the molecule is Cc1ccncc1C(N)C(C)Oc1cccc(Cl)c1. The predicted molar refractivity (Wildman–Crippen MR) is 77.4 cm³/mol. The van der Waals surface area contributed by atoms with Crippen LogP contribution in [-0.2, 0) is 0 Å². The van der Waals surface area contributed by atoms with Gasteiger partial charge in [-0.25, -0.2) is 0 Å². The molecule has 3 nitrogen and oxygen atoms in total. The number of benzene rings is 1. The molecule has 1 aromatic carbocycles. The van der Waals surface area contributed by atoms with Crippen molar-refractivity contribution in [1.29, 1.82) is 0 Å². The van der Waals surface area contributed by atoms with Crippen LogP contribution < -0.4 is 10.5 Å². The van der Waals surface area contributed by atoms with Crippen molar-refractivity contribution in [3.05, 3.63) is 58.9 Å². The maximum Gasteiger partial charge on any atom is 0.121 e. The van der Waals surface area contributed by atoms with Crippen molar-refractivity contribution in [3.8, 4) is 5.75 Å². The average molecular weight is 277 g/mol. The van der Waals surface area contributed by atoms with Crippen LogP contribution in [0.2, 0.25) is 5.02 Å². The van der Waals surface area contributed by atoms with E-state index in [9.17, 15) is 0 Å². The molecule has 0 aliphatic heterocycles. The molecule has 2 atom stereocenters. The summed E-state index contributed by atoms with van der Waals surface area (Å²) in [6.07, 6.45) is 3.38. The number of ether oxygens (including phenoxy) is 1. The van der Waals surface area contributed by atoms with Crippen LogP contribution in [0.1, 0.15) is 24.1 Å². The van der Waals surface area contributed by atoms with E-state index in [1.165, 1.54) is 0 Å². The van der Waals surface area contributed by atoms with Crippen molar-refractivity contribution < 1.29 is 4.74 Å². The molecular weight excluding hydrogens is 260 g/mol. The topological polar surface area (TPSA) is 48.1 Å². The number of rotatable bonds is 4. The molecule has 2 N–H and O–H groups in total. The molecule has 0 saturated heterocycles. The summed E-state index contributed by atoms with van der Waals surface area (Å²) in [7, 11) is 0. The fourth-order valence-electron chi connectivity index (χ4n) is 1.91. The minimum atomic E-state index is -0.229.